The van der Waals surface area contributed by atoms with E-state index in [9.17, 15) is 4.79 Å². The molecule has 0 unspecified atom stereocenters. The van der Waals surface area contributed by atoms with Gasteiger partial charge in [0, 0.05) is 11.5 Å². The van der Waals surface area contributed by atoms with Crippen LogP contribution in [-0.4, -0.2) is 10.8 Å². The molecule has 0 spiro atoms. The summed E-state index contributed by atoms with van der Waals surface area (Å²) < 4.78 is 5.60. The maximum atomic E-state index is 11.2. The van der Waals surface area contributed by atoms with Crippen molar-refractivity contribution in [2.24, 2.45) is 0 Å². The zero-order valence-corrected chi connectivity index (χ0v) is 10.5. The Morgan fingerprint density at radius 1 is 1.35 bits per heavy atom. The summed E-state index contributed by atoms with van der Waals surface area (Å²) >= 11 is 0. The van der Waals surface area contributed by atoms with Crippen molar-refractivity contribution in [1.82, 2.24) is 4.98 Å². The standard InChI is InChI=1S/C12H11NO2.C2H6/c1-7(14)9-4-5-11-10(6-9)13-12(15-11)8-2-3-8;1-2/h4-6,8H,2-3H2,1H3;1-2H3. The summed E-state index contributed by atoms with van der Waals surface area (Å²) in [5.41, 5.74) is 2.27. The molecule has 1 aromatic carbocycles. The predicted molar refractivity (Wildman–Crippen MR) is 67.3 cm³/mol. The Hall–Kier alpha value is -1.64. The fraction of sp³-hybridized carbons (Fsp3) is 0.429. The number of aromatic nitrogens is 1. The van der Waals surface area contributed by atoms with E-state index in [4.69, 9.17) is 4.42 Å². The molecule has 0 N–H and O–H groups in total. The van der Waals surface area contributed by atoms with Crippen LogP contribution >= 0.6 is 0 Å². The molecular formula is C14H17NO2. The van der Waals surface area contributed by atoms with Gasteiger partial charge in [-0.25, -0.2) is 4.98 Å². The second-order valence-electron chi connectivity index (χ2n) is 4.07. The molecule has 1 aromatic heterocycles. The van der Waals surface area contributed by atoms with Gasteiger partial charge < -0.3 is 4.42 Å². The number of hydrogen-bond donors (Lipinski definition) is 0. The van der Waals surface area contributed by atoms with Crippen molar-refractivity contribution in [2.75, 3.05) is 0 Å². The second-order valence-corrected chi connectivity index (χ2v) is 4.07. The molecule has 0 saturated heterocycles. The largest absolute Gasteiger partial charge is 0.440 e. The van der Waals surface area contributed by atoms with E-state index in [0.717, 1.165) is 17.0 Å². The highest BCUT2D eigenvalue weighted by atomic mass is 16.3. The molecule has 0 aliphatic heterocycles. The van der Waals surface area contributed by atoms with E-state index in [-0.39, 0.29) is 5.78 Å². The molecule has 1 aliphatic carbocycles. The molecule has 0 amide bonds. The summed E-state index contributed by atoms with van der Waals surface area (Å²) in [6.07, 6.45) is 2.35. The molecule has 3 rings (SSSR count). The number of benzene rings is 1. The smallest absolute Gasteiger partial charge is 0.198 e. The van der Waals surface area contributed by atoms with Gasteiger partial charge in [-0.15, -0.1) is 0 Å². The lowest BCUT2D eigenvalue weighted by molar-refractivity contribution is 0.101. The molecule has 0 radical (unpaired) electrons. The Morgan fingerprint density at radius 3 is 2.65 bits per heavy atom. The van der Waals surface area contributed by atoms with E-state index in [1.54, 1.807) is 19.1 Å². The maximum absolute atomic E-state index is 11.2. The van der Waals surface area contributed by atoms with Crippen molar-refractivity contribution in [3.05, 3.63) is 29.7 Å². The van der Waals surface area contributed by atoms with Crippen molar-refractivity contribution in [2.45, 2.75) is 39.5 Å². The van der Waals surface area contributed by atoms with Crippen LogP contribution in [0, 0.1) is 0 Å². The second kappa shape index (κ2) is 4.70. The molecule has 1 aliphatic rings. The Kier molecular flexibility index (Phi) is 3.27. The number of nitrogens with zero attached hydrogens (tertiary/aromatic N) is 1. The number of oxazole rings is 1. The number of carbonyl (C=O) groups excluding carboxylic acids is 1. The molecule has 3 nitrogen and oxygen atoms in total. The maximum Gasteiger partial charge on any atom is 0.198 e. The Morgan fingerprint density at radius 2 is 2.06 bits per heavy atom. The Labute approximate surface area is 101 Å². The third-order valence-corrected chi connectivity index (χ3v) is 2.74. The van der Waals surface area contributed by atoms with Crippen LogP contribution in [0.2, 0.25) is 0 Å². The van der Waals surface area contributed by atoms with Gasteiger partial charge in [0.2, 0.25) is 0 Å². The van der Waals surface area contributed by atoms with E-state index in [1.165, 1.54) is 12.8 Å². The van der Waals surface area contributed by atoms with Gasteiger partial charge in [0.15, 0.2) is 17.3 Å². The molecule has 1 fully saturated rings. The summed E-state index contributed by atoms with van der Waals surface area (Å²) in [5, 5.41) is 0. The topological polar surface area (TPSA) is 43.1 Å². The minimum atomic E-state index is 0.0628. The minimum Gasteiger partial charge on any atom is -0.440 e. The fourth-order valence-electron chi connectivity index (χ4n) is 1.67. The molecule has 0 atom stereocenters. The van der Waals surface area contributed by atoms with Crippen LogP contribution in [-0.2, 0) is 0 Å². The zero-order chi connectivity index (χ0) is 12.4. The van der Waals surface area contributed by atoms with Gasteiger partial charge in [0.25, 0.3) is 0 Å². The Bertz CT molecular complexity index is 538. The van der Waals surface area contributed by atoms with E-state index >= 15 is 0 Å². The molecule has 90 valence electrons. The molecular weight excluding hydrogens is 214 g/mol. The van der Waals surface area contributed by atoms with Crippen LogP contribution in [0.3, 0.4) is 0 Å². The first kappa shape index (κ1) is 11.8. The van der Waals surface area contributed by atoms with Gasteiger partial charge in [-0.2, -0.15) is 0 Å². The summed E-state index contributed by atoms with van der Waals surface area (Å²) in [5.74, 6) is 1.40. The predicted octanol–water partition coefficient (Wildman–Crippen LogP) is 3.93. The first-order chi connectivity index (χ1) is 8.24. The molecule has 17 heavy (non-hydrogen) atoms. The highest BCUT2D eigenvalue weighted by Gasteiger charge is 2.28. The van der Waals surface area contributed by atoms with Crippen LogP contribution in [0.4, 0.5) is 0 Å². The molecule has 0 bridgehead atoms. The third-order valence-electron chi connectivity index (χ3n) is 2.74. The van der Waals surface area contributed by atoms with Gasteiger partial charge in [-0.05, 0) is 38.0 Å². The minimum absolute atomic E-state index is 0.0628. The van der Waals surface area contributed by atoms with Crippen molar-refractivity contribution in [3.8, 4) is 0 Å². The van der Waals surface area contributed by atoms with E-state index < -0.39 is 0 Å². The van der Waals surface area contributed by atoms with Crippen molar-refractivity contribution in [1.29, 1.82) is 0 Å². The summed E-state index contributed by atoms with van der Waals surface area (Å²) in [7, 11) is 0. The molecule has 1 saturated carbocycles. The highest BCUT2D eigenvalue weighted by molar-refractivity contribution is 5.96. The number of carbonyl (C=O) groups is 1. The third kappa shape index (κ3) is 2.38. The first-order valence-electron chi connectivity index (χ1n) is 6.15. The van der Waals surface area contributed by atoms with Crippen molar-refractivity contribution < 1.29 is 9.21 Å². The molecule has 1 heterocycles. The number of Topliss-reactive ketones (excluding diaryl/α,β-unsaturated/α-hetero) is 1. The number of ketones is 1. The van der Waals surface area contributed by atoms with Crippen molar-refractivity contribution in [3.63, 3.8) is 0 Å². The summed E-state index contributed by atoms with van der Waals surface area (Å²) in [4.78, 5) is 15.6. The van der Waals surface area contributed by atoms with Crippen LogP contribution < -0.4 is 0 Å². The van der Waals surface area contributed by atoms with Gasteiger partial charge in [0.1, 0.15) is 5.52 Å². The van der Waals surface area contributed by atoms with Gasteiger partial charge in [-0.3, -0.25) is 4.79 Å². The molecule has 3 heteroatoms. The van der Waals surface area contributed by atoms with Crippen LogP contribution in [0.25, 0.3) is 11.1 Å². The monoisotopic (exact) mass is 231 g/mol. The number of rotatable bonds is 2. The fourth-order valence-corrected chi connectivity index (χ4v) is 1.67. The van der Waals surface area contributed by atoms with Gasteiger partial charge in [0.05, 0.1) is 0 Å². The lowest BCUT2D eigenvalue weighted by atomic mass is 10.1. The van der Waals surface area contributed by atoms with Crippen LogP contribution in [0.1, 0.15) is 55.8 Å². The van der Waals surface area contributed by atoms with Crippen LogP contribution in [0.15, 0.2) is 22.6 Å². The average molecular weight is 231 g/mol. The SMILES string of the molecule is CC.CC(=O)c1ccc2oc(C3CC3)nc2c1. The number of hydrogen-bond acceptors (Lipinski definition) is 3. The van der Waals surface area contributed by atoms with Gasteiger partial charge >= 0.3 is 0 Å². The number of fused-ring (bicyclic) bond motifs is 1. The summed E-state index contributed by atoms with van der Waals surface area (Å²) in [6.45, 7) is 5.56. The average Bonchev–Trinajstić information content (AvgIpc) is 3.10. The lowest BCUT2D eigenvalue weighted by Gasteiger charge is -1.92. The molecule has 2 aromatic rings. The van der Waals surface area contributed by atoms with E-state index in [0.29, 0.717) is 11.5 Å². The first-order valence-corrected chi connectivity index (χ1v) is 6.15. The lowest BCUT2D eigenvalue weighted by Crippen LogP contribution is -1.90. The Balaban J connectivity index is 0.000000514. The van der Waals surface area contributed by atoms with Crippen molar-refractivity contribution >= 4 is 16.9 Å². The van der Waals surface area contributed by atoms with Gasteiger partial charge in [-0.1, -0.05) is 13.8 Å². The van der Waals surface area contributed by atoms with E-state index in [2.05, 4.69) is 4.98 Å². The van der Waals surface area contributed by atoms with Crippen LogP contribution in [0.5, 0.6) is 0 Å². The highest BCUT2D eigenvalue weighted by Crippen LogP contribution is 2.40. The van der Waals surface area contributed by atoms with E-state index in [1.807, 2.05) is 19.9 Å². The quantitative estimate of drug-likeness (QED) is 0.735. The zero-order valence-electron chi connectivity index (χ0n) is 10.5. The summed E-state index contributed by atoms with van der Waals surface area (Å²) in [6, 6.07) is 5.41. The normalized spacial score (nSPS) is 14.3.